The predicted octanol–water partition coefficient (Wildman–Crippen LogP) is 4.84. The molecule has 1 aliphatic heterocycles. The van der Waals surface area contributed by atoms with Gasteiger partial charge in [0.25, 0.3) is 0 Å². The molecule has 3 amide bonds. The number of hydrogen-bond donors (Lipinski definition) is 4. The zero-order valence-electron chi connectivity index (χ0n) is 25.0. The number of rotatable bonds is 14. The molecular formula is C32H39N5O6S. The van der Waals surface area contributed by atoms with Gasteiger partial charge in [-0.15, -0.1) is 11.3 Å². The van der Waals surface area contributed by atoms with Gasteiger partial charge in [-0.05, 0) is 49.2 Å². The van der Waals surface area contributed by atoms with E-state index in [-0.39, 0.29) is 23.0 Å². The van der Waals surface area contributed by atoms with Crippen LogP contribution in [0.3, 0.4) is 0 Å². The molecule has 2 heterocycles. The topological polar surface area (TPSA) is 150 Å². The fraction of sp³-hybridized carbons (Fsp3) is 0.406. The minimum absolute atomic E-state index is 0.148. The van der Waals surface area contributed by atoms with Crippen molar-refractivity contribution in [2.75, 3.05) is 31.6 Å². The van der Waals surface area contributed by atoms with E-state index in [2.05, 4.69) is 25.8 Å². The number of thiazole rings is 1. The second kappa shape index (κ2) is 16.0. The number of carbonyl (C=O) groups excluding carboxylic acids is 3. The standard InChI is InChI=1S/C32H39N5O6S/c1-3-26(38)25-20-44-31(33-25)36-29(39)27(21(2)22-10-6-4-7-11-22)34-30(40)28(35-32(41)42)23-12-14-24(15-13-23)43-19-18-37-16-8-5-9-17-37/h4,6-7,10-15,20-21,27-28,35H,3,5,8-9,16-19H2,1-2H3,(H,34,40)(H,41,42)(H,33,36,39)/t21-,27-,28+/m0/s1. The van der Waals surface area contributed by atoms with Crippen molar-refractivity contribution in [3.05, 3.63) is 76.8 Å². The number of ketones is 1. The van der Waals surface area contributed by atoms with Gasteiger partial charge in [-0.1, -0.05) is 62.7 Å². The highest BCUT2D eigenvalue weighted by atomic mass is 32.1. The van der Waals surface area contributed by atoms with E-state index >= 15 is 0 Å². The molecule has 1 aromatic heterocycles. The molecule has 0 saturated carbocycles. The Labute approximate surface area is 261 Å². The zero-order chi connectivity index (χ0) is 31.5. The van der Waals surface area contributed by atoms with Crippen LogP contribution in [0.5, 0.6) is 5.75 Å². The van der Waals surface area contributed by atoms with E-state index in [0.29, 0.717) is 17.9 Å². The molecule has 0 spiro atoms. The summed E-state index contributed by atoms with van der Waals surface area (Å²) in [7, 11) is 0. The maximum Gasteiger partial charge on any atom is 0.405 e. The van der Waals surface area contributed by atoms with Gasteiger partial charge in [0.2, 0.25) is 11.8 Å². The third kappa shape index (κ3) is 9.10. The highest BCUT2D eigenvalue weighted by Crippen LogP contribution is 2.24. The van der Waals surface area contributed by atoms with E-state index in [1.807, 2.05) is 30.3 Å². The van der Waals surface area contributed by atoms with Crippen molar-refractivity contribution in [1.82, 2.24) is 20.5 Å². The smallest absolute Gasteiger partial charge is 0.405 e. The van der Waals surface area contributed by atoms with Gasteiger partial charge >= 0.3 is 6.09 Å². The van der Waals surface area contributed by atoms with Crippen molar-refractivity contribution in [2.45, 2.75) is 57.5 Å². The van der Waals surface area contributed by atoms with Crippen LogP contribution in [0.15, 0.2) is 60.0 Å². The third-order valence-electron chi connectivity index (χ3n) is 7.62. The largest absolute Gasteiger partial charge is 0.492 e. The molecule has 44 heavy (non-hydrogen) atoms. The number of amides is 3. The Bertz CT molecular complexity index is 1410. The van der Waals surface area contributed by atoms with Gasteiger partial charge in [-0.3, -0.25) is 19.3 Å². The Morgan fingerprint density at radius 2 is 1.66 bits per heavy atom. The molecular weight excluding hydrogens is 582 g/mol. The van der Waals surface area contributed by atoms with E-state index in [1.165, 1.54) is 19.3 Å². The molecule has 3 atom stereocenters. The summed E-state index contributed by atoms with van der Waals surface area (Å²) >= 11 is 1.11. The quantitative estimate of drug-likeness (QED) is 0.187. The zero-order valence-corrected chi connectivity index (χ0v) is 25.8. The van der Waals surface area contributed by atoms with Crippen LogP contribution < -0.4 is 20.7 Å². The van der Waals surface area contributed by atoms with E-state index in [1.54, 1.807) is 43.5 Å². The molecule has 1 fully saturated rings. The number of nitrogens with zero attached hydrogens (tertiary/aromatic N) is 2. The first-order valence-electron chi connectivity index (χ1n) is 14.8. The van der Waals surface area contributed by atoms with Crippen LogP contribution in [0.4, 0.5) is 9.93 Å². The Kier molecular flexibility index (Phi) is 11.8. The number of nitrogens with one attached hydrogen (secondary N) is 3. The number of likely N-dealkylation sites (tertiary alicyclic amines) is 1. The van der Waals surface area contributed by atoms with E-state index in [4.69, 9.17) is 4.74 Å². The molecule has 4 rings (SSSR count). The lowest BCUT2D eigenvalue weighted by molar-refractivity contribution is -0.128. The number of carbonyl (C=O) groups is 4. The van der Waals surface area contributed by atoms with E-state index in [0.717, 1.165) is 36.5 Å². The molecule has 2 aromatic carbocycles. The molecule has 3 aromatic rings. The summed E-state index contributed by atoms with van der Waals surface area (Å²) in [6.45, 7) is 7.03. The lowest BCUT2D eigenvalue weighted by atomic mass is 9.92. The summed E-state index contributed by atoms with van der Waals surface area (Å²) in [5.41, 5.74) is 1.44. The van der Waals surface area contributed by atoms with E-state index in [9.17, 15) is 24.3 Å². The van der Waals surface area contributed by atoms with Gasteiger partial charge in [0.1, 0.15) is 30.1 Å². The van der Waals surface area contributed by atoms with Crippen LogP contribution >= 0.6 is 11.3 Å². The van der Waals surface area contributed by atoms with Crippen molar-refractivity contribution in [3.8, 4) is 5.75 Å². The van der Waals surface area contributed by atoms with Gasteiger partial charge in [-0.25, -0.2) is 9.78 Å². The van der Waals surface area contributed by atoms with Crippen molar-refractivity contribution >= 4 is 40.2 Å². The summed E-state index contributed by atoms with van der Waals surface area (Å²) in [6, 6.07) is 13.5. The number of ether oxygens (including phenoxy) is 1. The number of Topliss-reactive ketones (excluding diaryl/α,β-unsaturated/α-hetero) is 1. The maximum absolute atomic E-state index is 13.6. The lowest BCUT2D eigenvalue weighted by Crippen LogP contribution is -2.50. The van der Waals surface area contributed by atoms with Crippen LogP contribution in [-0.2, 0) is 9.59 Å². The molecule has 0 radical (unpaired) electrons. The van der Waals surface area contributed by atoms with Crippen LogP contribution in [0.25, 0.3) is 0 Å². The monoisotopic (exact) mass is 621 g/mol. The van der Waals surface area contributed by atoms with Crippen molar-refractivity contribution in [1.29, 1.82) is 0 Å². The van der Waals surface area contributed by atoms with Crippen LogP contribution in [0.1, 0.15) is 73.1 Å². The van der Waals surface area contributed by atoms with Crippen molar-refractivity contribution in [3.63, 3.8) is 0 Å². The second-order valence-corrected chi connectivity index (χ2v) is 11.5. The number of piperidine rings is 1. The summed E-state index contributed by atoms with van der Waals surface area (Å²) < 4.78 is 5.88. The third-order valence-corrected chi connectivity index (χ3v) is 8.37. The first kappa shape index (κ1) is 32.6. The lowest BCUT2D eigenvalue weighted by Gasteiger charge is -2.27. The Morgan fingerprint density at radius 3 is 2.32 bits per heavy atom. The Hall–Kier alpha value is -4.29. The second-order valence-electron chi connectivity index (χ2n) is 10.7. The normalized spacial score (nSPS) is 15.4. The Balaban J connectivity index is 1.49. The average Bonchev–Trinajstić information content (AvgIpc) is 3.51. The summed E-state index contributed by atoms with van der Waals surface area (Å²) in [5.74, 6) is -1.27. The fourth-order valence-corrected chi connectivity index (χ4v) is 5.80. The minimum Gasteiger partial charge on any atom is -0.492 e. The summed E-state index contributed by atoms with van der Waals surface area (Å²) in [4.78, 5) is 57.5. The van der Waals surface area contributed by atoms with Gasteiger partial charge in [0.15, 0.2) is 10.9 Å². The molecule has 11 nitrogen and oxygen atoms in total. The first-order valence-corrected chi connectivity index (χ1v) is 15.7. The minimum atomic E-state index is -1.39. The number of hydrogen-bond acceptors (Lipinski definition) is 8. The maximum atomic E-state index is 13.6. The van der Waals surface area contributed by atoms with Gasteiger partial charge < -0.3 is 25.8 Å². The van der Waals surface area contributed by atoms with Gasteiger partial charge in [-0.2, -0.15) is 0 Å². The molecule has 0 aliphatic carbocycles. The SMILES string of the molecule is CCC(=O)c1csc(NC(=O)[C@@H](NC(=O)[C@H](NC(=O)O)c2ccc(OCCN3CCCCC3)cc2)[C@@H](C)c2ccccc2)n1. The highest BCUT2D eigenvalue weighted by Gasteiger charge is 2.32. The number of carboxylic acid groups (broad SMARTS) is 1. The van der Waals surface area contributed by atoms with Gasteiger partial charge in [0.05, 0.1) is 0 Å². The van der Waals surface area contributed by atoms with Crippen molar-refractivity contribution in [2.24, 2.45) is 0 Å². The fourth-order valence-electron chi connectivity index (χ4n) is 5.08. The molecule has 1 aliphatic rings. The summed E-state index contributed by atoms with van der Waals surface area (Å²) in [5, 5.41) is 19.1. The highest BCUT2D eigenvalue weighted by molar-refractivity contribution is 7.14. The molecule has 234 valence electrons. The number of aromatic nitrogens is 1. The molecule has 0 unspecified atom stereocenters. The predicted molar refractivity (Wildman–Crippen MR) is 168 cm³/mol. The average molecular weight is 622 g/mol. The molecule has 0 bridgehead atoms. The van der Waals surface area contributed by atoms with Crippen LogP contribution in [0, 0.1) is 0 Å². The molecule has 12 heteroatoms. The molecule has 1 saturated heterocycles. The Morgan fingerprint density at radius 1 is 0.955 bits per heavy atom. The van der Waals surface area contributed by atoms with Crippen molar-refractivity contribution < 1.29 is 29.0 Å². The van der Waals surface area contributed by atoms with Crippen LogP contribution in [-0.4, -0.2) is 71.0 Å². The van der Waals surface area contributed by atoms with E-state index < -0.39 is 35.9 Å². The first-order chi connectivity index (χ1) is 21.2. The molecule has 4 N–H and O–H groups in total. The summed E-state index contributed by atoms with van der Waals surface area (Å²) in [6.07, 6.45) is 2.56. The number of benzene rings is 2. The number of anilines is 1. The van der Waals surface area contributed by atoms with Gasteiger partial charge in [0, 0.05) is 24.3 Å². The van der Waals surface area contributed by atoms with Crippen LogP contribution in [0.2, 0.25) is 0 Å².